The zero-order valence-electron chi connectivity index (χ0n) is 14.3. The van der Waals surface area contributed by atoms with E-state index in [0.717, 1.165) is 49.2 Å². The average Bonchev–Trinajstić information content (AvgIpc) is 2.86. The van der Waals surface area contributed by atoms with Gasteiger partial charge in [-0.15, -0.1) is 0 Å². The molecule has 0 saturated carbocycles. The Morgan fingerprint density at radius 3 is 2.56 bits per heavy atom. The molecule has 25 heavy (non-hydrogen) atoms. The number of urea groups is 1. The van der Waals surface area contributed by atoms with Crippen LogP contribution in [0.1, 0.15) is 17.5 Å². The molecule has 3 rings (SSSR count). The van der Waals surface area contributed by atoms with Gasteiger partial charge in [0.1, 0.15) is 0 Å². The molecule has 0 unspecified atom stereocenters. The van der Waals surface area contributed by atoms with Crippen molar-refractivity contribution < 1.29 is 4.79 Å². The zero-order valence-corrected chi connectivity index (χ0v) is 15.9. The maximum atomic E-state index is 12.5. The molecule has 4 nitrogen and oxygen atoms in total. The monoisotopic (exact) mass is 401 g/mol. The molecule has 132 valence electrons. The lowest BCUT2D eigenvalue weighted by Crippen LogP contribution is -2.41. The standard InChI is InChI=1S/C20H24BrN3O/c21-19-9-4-8-18(14-19)15-22-20(25)24-11-5-10-23(12-13-24)16-17-6-2-1-3-7-17/h1-4,6-9,14H,5,10-13,15-16H2,(H,22,25). The molecule has 1 aliphatic rings. The highest BCUT2D eigenvalue weighted by molar-refractivity contribution is 9.10. The number of carbonyl (C=O) groups excluding carboxylic acids is 1. The lowest BCUT2D eigenvalue weighted by Gasteiger charge is -2.22. The summed E-state index contributed by atoms with van der Waals surface area (Å²) in [5.41, 5.74) is 2.43. The molecule has 1 fully saturated rings. The van der Waals surface area contributed by atoms with Crippen molar-refractivity contribution in [3.05, 3.63) is 70.2 Å². The Morgan fingerprint density at radius 2 is 1.76 bits per heavy atom. The van der Waals surface area contributed by atoms with Gasteiger partial charge in [0.25, 0.3) is 0 Å². The molecule has 1 heterocycles. The van der Waals surface area contributed by atoms with Gasteiger partial charge in [-0.3, -0.25) is 4.90 Å². The van der Waals surface area contributed by atoms with Crippen LogP contribution in [0.3, 0.4) is 0 Å². The Labute approximate surface area is 158 Å². The van der Waals surface area contributed by atoms with Crippen molar-refractivity contribution in [3.63, 3.8) is 0 Å². The molecule has 1 N–H and O–H groups in total. The van der Waals surface area contributed by atoms with Gasteiger partial charge in [0.05, 0.1) is 0 Å². The second-order valence-corrected chi connectivity index (χ2v) is 7.31. The first kappa shape index (κ1) is 18.0. The molecule has 0 spiro atoms. The Bertz CT molecular complexity index is 692. The lowest BCUT2D eigenvalue weighted by atomic mass is 10.2. The molecule has 0 aromatic heterocycles. The van der Waals surface area contributed by atoms with Crippen LogP contribution < -0.4 is 5.32 Å². The second kappa shape index (κ2) is 9.02. The van der Waals surface area contributed by atoms with Crippen LogP contribution in [0.5, 0.6) is 0 Å². The van der Waals surface area contributed by atoms with E-state index >= 15 is 0 Å². The number of nitrogens with one attached hydrogen (secondary N) is 1. The first-order valence-corrected chi connectivity index (χ1v) is 9.53. The predicted octanol–water partition coefficient (Wildman–Crippen LogP) is 3.87. The van der Waals surface area contributed by atoms with Crippen molar-refractivity contribution in [3.8, 4) is 0 Å². The molecule has 0 bridgehead atoms. The first-order chi connectivity index (χ1) is 12.2. The highest BCUT2D eigenvalue weighted by Crippen LogP contribution is 2.12. The molecular weight excluding hydrogens is 378 g/mol. The van der Waals surface area contributed by atoms with E-state index in [1.165, 1.54) is 5.56 Å². The van der Waals surface area contributed by atoms with Crippen LogP contribution in [0, 0.1) is 0 Å². The SMILES string of the molecule is O=C(NCc1cccc(Br)c1)N1CCCN(Cc2ccccc2)CC1. The smallest absolute Gasteiger partial charge is 0.317 e. The van der Waals surface area contributed by atoms with Crippen molar-refractivity contribution in [2.45, 2.75) is 19.5 Å². The number of amides is 2. The van der Waals surface area contributed by atoms with Crippen LogP contribution in [-0.4, -0.2) is 42.0 Å². The summed E-state index contributed by atoms with van der Waals surface area (Å²) >= 11 is 3.46. The Morgan fingerprint density at radius 1 is 0.960 bits per heavy atom. The van der Waals surface area contributed by atoms with Crippen molar-refractivity contribution in [2.24, 2.45) is 0 Å². The van der Waals surface area contributed by atoms with Crippen molar-refractivity contribution in [1.29, 1.82) is 0 Å². The lowest BCUT2D eigenvalue weighted by molar-refractivity contribution is 0.197. The van der Waals surface area contributed by atoms with Gasteiger partial charge in [0.15, 0.2) is 0 Å². The van der Waals surface area contributed by atoms with Gasteiger partial charge in [-0.1, -0.05) is 58.4 Å². The third kappa shape index (κ3) is 5.58. The quantitative estimate of drug-likeness (QED) is 0.843. The highest BCUT2D eigenvalue weighted by atomic mass is 79.9. The van der Waals surface area contributed by atoms with Crippen LogP contribution in [0.25, 0.3) is 0 Å². The van der Waals surface area contributed by atoms with Crippen LogP contribution in [0.4, 0.5) is 4.79 Å². The number of hydrogen-bond acceptors (Lipinski definition) is 2. The maximum absolute atomic E-state index is 12.5. The van der Waals surface area contributed by atoms with Gasteiger partial charge in [-0.25, -0.2) is 4.79 Å². The van der Waals surface area contributed by atoms with E-state index < -0.39 is 0 Å². The van der Waals surface area contributed by atoms with Crippen LogP contribution in [0.15, 0.2) is 59.1 Å². The van der Waals surface area contributed by atoms with Gasteiger partial charge < -0.3 is 10.2 Å². The minimum Gasteiger partial charge on any atom is -0.334 e. The normalized spacial score (nSPS) is 15.6. The summed E-state index contributed by atoms with van der Waals surface area (Å²) in [6, 6.07) is 18.6. The summed E-state index contributed by atoms with van der Waals surface area (Å²) in [7, 11) is 0. The fraction of sp³-hybridized carbons (Fsp3) is 0.350. The Balaban J connectivity index is 1.48. The van der Waals surface area contributed by atoms with E-state index in [-0.39, 0.29) is 6.03 Å². The molecule has 0 radical (unpaired) electrons. The Kier molecular flexibility index (Phi) is 6.48. The highest BCUT2D eigenvalue weighted by Gasteiger charge is 2.18. The van der Waals surface area contributed by atoms with E-state index in [1.807, 2.05) is 35.2 Å². The molecule has 1 aliphatic heterocycles. The van der Waals surface area contributed by atoms with Gasteiger partial charge in [0.2, 0.25) is 0 Å². The number of benzene rings is 2. The first-order valence-electron chi connectivity index (χ1n) is 8.74. The number of carbonyl (C=O) groups is 1. The van der Waals surface area contributed by atoms with E-state index in [0.29, 0.717) is 6.54 Å². The summed E-state index contributed by atoms with van der Waals surface area (Å²) in [5.74, 6) is 0. The summed E-state index contributed by atoms with van der Waals surface area (Å²) < 4.78 is 1.03. The van der Waals surface area contributed by atoms with E-state index in [9.17, 15) is 4.79 Å². The fourth-order valence-corrected chi connectivity index (χ4v) is 3.56. The Hall–Kier alpha value is -1.85. The number of halogens is 1. The number of hydrogen-bond donors (Lipinski definition) is 1. The largest absolute Gasteiger partial charge is 0.334 e. The summed E-state index contributed by atoms with van der Waals surface area (Å²) in [5, 5.41) is 3.04. The minimum absolute atomic E-state index is 0.0292. The van der Waals surface area contributed by atoms with E-state index in [1.54, 1.807) is 0 Å². The van der Waals surface area contributed by atoms with Crippen molar-refractivity contribution in [2.75, 3.05) is 26.2 Å². The van der Waals surface area contributed by atoms with Gasteiger partial charge >= 0.3 is 6.03 Å². The van der Waals surface area contributed by atoms with Gasteiger partial charge in [-0.2, -0.15) is 0 Å². The molecule has 1 saturated heterocycles. The third-order valence-corrected chi connectivity index (χ3v) is 4.95. The number of nitrogens with zero attached hydrogens (tertiary/aromatic N) is 2. The fourth-order valence-electron chi connectivity index (χ4n) is 3.11. The third-order valence-electron chi connectivity index (χ3n) is 4.46. The number of rotatable bonds is 4. The second-order valence-electron chi connectivity index (χ2n) is 6.39. The molecule has 2 aromatic carbocycles. The predicted molar refractivity (Wildman–Crippen MR) is 104 cm³/mol. The molecule has 2 aromatic rings. The maximum Gasteiger partial charge on any atom is 0.317 e. The van der Waals surface area contributed by atoms with Gasteiger partial charge in [-0.05, 0) is 29.7 Å². The summed E-state index contributed by atoms with van der Waals surface area (Å²) in [4.78, 5) is 16.8. The van der Waals surface area contributed by atoms with Crippen molar-refractivity contribution in [1.82, 2.24) is 15.1 Å². The minimum atomic E-state index is 0.0292. The topological polar surface area (TPSA) is 35.6 Å². The molecule has 5 heteroatoms. The molecule has 0 aliphatic carbocycles. The molecular formula is C20H24BrN3O. The van der Waals surface area contributed by atoms with Crippen LogP contribution in [0.2, 0.25) is 0 Å². The average molecular weight is 402 g/mol. The zero-order chi connectivity index (χ0) is 17.5. The molecule has 0 atom stereocenters. The van der Waals surface area contributed by atoms with Crippen LogP contribution in [-0.2, 0) is 13.1 Å². The van der Waals surface area contributed by atoms with Crippen molar-refractivity contribution >= 4 is 22.0 Å². The van der Waals surface area contributed by atoms with E-state index in [2.05, 4.69) is 50.4 Å². The van der Waals surface area contributed by atoms with E-state index in [4.69, 9.17) is 0 Å². The van der Waals surface area contributed by atoms with Gasteiger partial charge in [0, 0.05) is 43.7 Å². The molecule has 2 amide bonds. The summed E-state index contributed by atoms with van der Waals surface area (Å²) in [6.45, 7) is 5.05. The summed E-state index contributed by atoms with van der Waals surface area (Å²) in [6.07, 6.45) is 1.01. The van der Waals surface area contributed by atoms with Crippen LogP contribution >= 0.6 is 15.9 Å².